The first kappa shape index (κ1) is 19.0. The fourth-order valence-corrected chi connectivity index (χ4v) is 3.04. The second kappa shape index (κ2) is 8.26. The van der Waals surface area contributed by atoms with E-state index < -0.39 is 0 Å². The second-order valence-corrected chi connectivity index (χ2v) is 6.53. The zero-order chi connectivity index (χ0) is 19.4. The monoisotopic (exact) mass is 381 g/mol. The molecule has 0 saturated carbocycles. The van der Waals surface area contributed by atoms with Crippen LogP contribution in [0, 0.1) is 25.7 Å². The lowest BCUT2D eigenvalue weighted by Crippen LogP contribution is -2.21. The minimum Gasteiger partial charge on any atom is -0.383 e. The van der Waals surface area contributed by atoms with Gasteiger partial charge in [0.2, 0.25) is 0 Å². The largest absolute Gasteiger partial charge is 0.383 e. The van der Waals surface area contributed by atoms with E-state index in [0.717, 1.165) is 22.8 Å². The van der Waals surface area contributed by atoms with E-state index in [-0.39, 0.29) is 5.56 Å². The third-order valence-corrected chi connectivity index (χ3v) is 4.43. The average molecular weight is 382 g/mol. The number of pyridine rings is 1. The van der Waals surface area contributed by atoms with Gasteiger partial charge in [-0.25, -0.2) is 4.98 Å². The summed E-state index contributed by atoms with van der Waals surface area (Å²) in [5.41, 5.74) is 3.08. The van der Waals surface area contributed by atoms with E-state index in [2.05, 4.69) is 16.8 Å². The molecule has 0 amide bonds. The molecule has 0 radical (unpaired) electrons. The fourth-order valence-electron chi connectivity index (χ4n) is 2.85. The normalized spacial score (nSPS) is 10.5. The summed E-state index contributed by atoms with van der Waals surface area (Å²) < 4.78 is 8.58. The number of benzene rings is 1. The van der Waals surface area contributed by atoms with Gasteiger partial charge in [0, 0.05) is 36.5 Å². The molecule has 0 unspecified atom stereocenters. The molecule has 0 aliphatic heterocycles. The van der Waals surface area contributed by atoms with Crippen molar-refractivity contribution in [2.24, 2.45) is 0 Å². The van der Waals surface area contributed by atoms with E-state index in [1.807, 2.05) is 48.7 Å². The third-order valence-electron chi connectivity index (χ3n) is 4.20. The molecule has 2 heterocycles. The van der Waals surface area contributed by atoms with E-state index in [1.54, 1.807) is 23.9 Å². The summed E-state index contributed by atoms with van der Waals surface area (Å²) in [4.78, 5) is 16.9. The Balaban J connectivity index is 1.95. The number of nitrogens with zero attached hydrogens (tertiary/aromatic N) is 3. The van der Waals surface area contributed by atoms with Crippen LogP contribution in [0.1, 0.15) is 22.8 Å². The number of hydrogen-bond acceptors (Lipinski definition) is 3. The molecule has 2 aromatic heterocycles. The van der Waals surface area contributed by atoms with Crippen molar-refractivity contribution < 1.29 is 4.74 Å². The molecule has 0 aliphatic carbocycles. The number of aryl methyl sites for hydroxylation is 1. The number of aromatic nitrogens is 3. The van der Waals surface area contributed by atoms with Crippen LogP contribution in [0.15, 0.2) is 47.4 Å². The molecule has 6 heteroatoms. The highest BCUT2D eigenvalue weighted by Gasteiger charge is 2.12. The quantitative estimate of drug-likeness (QED) is 0.651. The Morgan fingerprint density at radius 3 is 2.70 bits per heavy atom. The van der Waals surface area contributed by atoms with E-state index >= 15 is 0 Å². The smallest absolute Gasteiger partial charge is 0.252 e. The Labute approximate surface area is 163 Å². The van der Waals surface area contributed by atoms with Crippen molar-refractivity contribution in [2.45, 2.75) is 20.4 Å². The van der Waals surface area contributed by atoms with Crippen LogP contribution in [-0.4, -0.2) is 27.8 Å². The Morgan fingerprint density at radius 2 is 2.00 bits per heavy atom. The molecular formula is C21H20ClN3O2. The minimum absolute atomic E-state index is 0.0800. The number of hydrogen-bond donors (Lipinski definition) is 0. The molecule has 5 nitrogen and oxygen atoms in total. The molecule has 0 saturated heterocycles. The van der Waals surface area contributed by atoms with Crippen molar-refractivity contribution in [3.63, 3.8) is 0 Å². The van der Waals surface area contributed by atoms with Gasteiger partial charge >= 0.3 is 0 Å². The fraction of sp³-hybridized carbons (Fsp3) is 0.238. The van der Waals surface area contributed by atoms with Crippen LogP contribution in [0.25, 0.3) is 5.69 Å². The van der Waals surface area contributed by atoms with Crippen LogP contribution in [0.2, 0.25) is 5.02 Å². The lowest BCUT2D eigenvalue weighted by Gasteiger charge is -2.10. The maximum atomic E-state index is 12.3. The van der Waals surface area contributed by atoms with Crippen molar-refractivity contribution in [1.82, 2.24) is 14.1 Å². The minimum atomic E-state index is -0.0800. The lowest BCUT2D eigenvalue weighted by atomic mass is 10.2. The Hall–Kier alpha value is -2.81. The van der Waals surface area contributed by atoms with Gasteiger partial charge in [-0.1, -0.05) is 23.6 Å². The molecule has 0 fully saturated rings. The molecule has 3 rings (SSSR count). The van der Waals surface area contributed by atoms with Gasteiger partial charge in [-0.3, -0.25) is 9.36 Å². The molecule has 0 atom stereocenters. The van der Waals surface area contributed by atoms with E-state index in [4.69, 9.17) is 16.3 Å². The Bertz CT molecular complexity index is 1090. The van der Waals surface area contributed by atoms with Crippen LogP contribution in [0.5, 0.6) is 0 Å². The Kier molecular flexibility index (Phi) is 5.80. The summed E-state index contributed by atoms with van der Waals surface area (Å²) in [6, 6.07) is 10.9. The summed E-state index contributed by atoms with van der Waals surface area (Å²) in [6.07, 6.45) is 1.77. The highest BCUT2D eigenvalue weighted by Crippen LogP contribution is 2.16. The number of imidazole rings is 1. The van der Waals surface area contributed by atoms with Gasteiger partial charge < -0.3 is 9.30 Å². The predicted molar refractivity (Wildman–Crippen MR) is 107 cm³/mol. The maximum absolute atomic E-state index is 12.3. The first-order chi connectivity index (χ1) is 13.0. The van der Waals surface area contributed by atoms with Gasteiger partial charge in [0.25, 0.3) is 5.56 Å². The summed E-state index contributed by atoms with van der Waals surface area (Å²) in [5, 5.41) is 0.647. The van der Waals surface area contributed by atoms with Crippen LogP contribution < -0.4 is 5.56 Å². The van der Waals surface area contributed by atoms with Crippen LogP contribution in [0.4, 0.5) is 0 Å². The van der Waals surface area contributed by atoms with Gasteiger partial charge in [-0.15, -0.1) is 0 Å². The zero-order valence-electron chi connectivity index (χ0n) is 15.5. The van der Waals surface area contributed by atoms with Gasteiger partial charge in [-0.2, -0.15) is 0 Å². The molecule has 0 N–H and O–H groups in total. The van der Waals surface area contributed by atoms with Crippen molar-refractivity contribution in [3.8, 4) is 17.5 Å². The molecule has 138 valence electrons. The molecule has 0 bridgehead atoms. The van der Waals surface area contributed by atoms with Crippen molar-refractivity contribution in [2.75, 3.05) is 13.7 Å². The predicted octanol–water partition coefficient (Wildman–Crippen LogP) is 3.35. The number of methoxy groups -OCH3 is 1. The van der Waals surface area contributed by atoms with Crippen molar-refractivity contribution in [1.29, 1.82) is 0 Å². The van der Waals surface area contributed by atoms with Crippen molar-refractivity contribution in [3.05, 3.63) is 80.7 Å². The molecular weight excluding hydrogens is 362 g/mol. The molecule has 0 spiro atoms. The topological polar surface area (TPSA) is 49.0 Å². The van der Waals surface area contributed by atoms with E-state index in [0.29, 0.717) is 23.9 Å². The molecule has 3 aromatic rings. The lowest BCUT2D eigenvalue weighted by molar-refractivity contribution is 0.186. The zero-order valence-corrected chi connectivity index (χ0v) is 16.2. The second-order valence-electron chi connectivity index (χ2n) is 6.10. The SMILES string of the molecule is COCCn1ccc(-n2c(C)nc(C#Cc3cccc(Cl)c3)c2C)cc1=O. The number of ether oxygens (including phenoxy) is 1. The van der Waals surface area contributed by atoms with Gasteiger partial charge in [0.15, 0.2) is 0 Å². The third kappa shape index (κ3) is 4.30. The molecule has 1 aromatic carbocycles. The maximum Gasteiger partial charge on any atom is 0.252 e. The van der Waals surface area contributed by atoms with Crippen LogP contribution >= 0.6 is 11.6 Å². The van der Waals surface area contributed by atoms with E-state index in [1.165, 1.54) is 0 Å². The number of halogens is 1. The summed E-state index contributed by atoms with van der Waals surface area (Å²) in [6.45, 7) is 4.85. The van der Waals surface area contributed by atoms with Crippen molar-refractivity contribution >= 4 is 11.6 Å². The van der Waals surface area contributed by atoms with Gasteiger partial charge in [-0.05, 0) is 44.0 Å². The van der Waals surface area contributed by atoms with Gasteiger partial charge in [0.05, 0.1) is 18.0 Å². The first-order valence-corrected chi connectivity index (χ1v) is 8.90. The standard InChI is InChI=1S/C21H20ClN3O2/c1-15-20(8-7-17-5-4-6-18(22)13-17)23-16(2)25(15)19-9-10-24(11-12-27-3)21(26)14-19/h4-6,9-10,13-14H,11-12H2,1-3H3. The summed E-state index contributed by atoms with van der Waals surface area (Å²) in [7, 11) is 1.61. The Morgan fingerprint density at radius 1 is 1.19 bits per heavy atom. The number of rotatable bonds is 4. The highest BCUT2D eigenvalue weighted by atomic mass is 35.5. The van der Waals surface area contributed by atoms with E-state index in [9.17, 15) is 4.79 Å². The van der Waals surface area contributed by atoms with Crippen LogP contribution in [-0.2, 0) is 11.3 Å². The average Bonchev–Trinajstić information content (AvgIpc) is 2.92. The van der Waals surface area contributed by atoms with Crippen LogP contribution in [0.3, 0.4) is 0 Å². The molecule has 0 aliphatic rings. The highest BCUT2D eigenvalue weighted by molar-refractivity contribution is 6.30. The summed E-state index contributed by atoms with van der Waals surface area (Å²) in [5.74, 6) is 6.96. The molecule has 27 heavy (non-hydrogen) atoms. The summed E-state index contributed by atoms with van der Waals surface area (Å²) >= 11 is 6.00. The van der Waals surface area contributed by atoms with Gasteiger partial charge in [0.1, 0.15) is 11.5 Å². The first-order valence-electron chi connectivity index (χ1n) is 8.53.